The number of carbonyl (C=O) groups excluding carboxylic acids is 1. The lowest BCUT2D eigenvalue weighted by Crippen LogP contribution is -2.21. The molecular weight excluding hydrogens is 436 g/mol. The fourth-order valence-electron chi connectivity index (χ4n) is 3.62. The maximum absolute atomic E-state index is 10.9. The first-order chi connectivity index (χ1) is 16.2. The number of hydrogen-bond donors (Lipinski definition) is 2. The van der Waals surface area contributed by atoms with Crippen molar-refractivity contribution in [3.05, 3.63) is 41.2 Å². The highest BCUT2D eigenvalue weighted by Crippen LogP contribution is 2.36. The number of carbonyl (C=O) groups is 1. The van der Waals surface area contributed by atoms with Gasteiger partial charge in [0.15, 0.2) is 11.5 Å². The zero-order valence-corrected chi connectivity index (χ0v) is 20.3. The maximum atomic E-state index is 10.9. The van der Waals surface area contributed by atoms with Gasteiger partial charge in [-0.2, -0.15) is 4.98 Å². The molecule has 2 aromatic heterocycles. The minimum atomic E-state index is -0.819. The van der Waals surface area contributed by atoms with Gasteiger partial charge >= 0.3 is 0 Å². The topological polar surface area (TPSA) is 134 Å². The van der Waals surface area contributed by atoms with E-state index in [0.717, 1.165) is 28.9 Å². The minimum absolute atomic E-state index is 0.0102. The Bertz CT molecular complexity index is 1140. The average Bonchev–Trinajstić information content (AvgIpc) is 3.26. The highest BCUT2D eigenvalue weighted by Gasteiger charge is 2.18. The van der Waals surface area contributed by atoms with Crippen molar-refractivity contribution in [2.24, 2.45) is 11.7 Å². The molecule has 1 aromatic carbocycles. The van der Waals surface area contributed by atoms with Crippen molar-refractivity contribution in [2.75, 3.05) is 13.7 Å². The second-order valence-electron chi connectivity index (χ2n) is 8.80. The van der Waals surface area contributed by atoms with E-state index in [1.807, 2.05) is 32.0 Å². The number of aliphatic hydroxyl groups excluding tert-OH is 1. The predicted molar refractivity (Wildman–Crippen MR) is 127 cm³/mol. The molecule has 9 nitrogen and oxygen atoms in total. The van der Waals surface area contributed by atoms with Crippen LogP contribution in [0.5, 0.6) is 11.5 Å². The number of primary amides is 1. The summed E-state index contributed by atoms with van der Waals surface area (Å²) in [5.41, 5.74) is 9.33. The van der Waals surface area contributed by atoms with Gasteiger partial charge in [-0.05, 0) is 62.4 Å². The molecule has 0 aliphatic carbocycles. The van der Waals surface area contributed by atoms with E-state index in [2.05, 4.69) is 29.0 Å². The monoisotopic (exact) mass is 468 g/mol. The number of aliphatic hydroxyl groups is 1. The first kappa shape index (κ1) is 25.2. The number of ether oxygens (including phenoxy) is 2. The van der Waals surface area contributed by atoms with Gasteiger partial charge in [-0.15, -0.1) is 0 Å². The van der Waals surface area contributed by atoms with E-state index in [-0.39, 0.29) is 19.4 Å². The zero-order valence-electron chi connectivity index (χ0n) is 20.3. The number of nitrogens with zero attached hydrogens (tertiary/aromatic N) is 3. The molecule has 1 amide bonds. The van der Waals surface area contributed by atoms with Crippen LogP contribution in [0.25, 0.3) is 22.8 Å². The fourth-order valence-corrected chi connectivity index (χ4v) is 3.62. The Balaban J connectivity index is 1.82. The Kier molecular flexibility index (Phi) is 8.22. The van der Waals surface area contributed by atoms with Crippen LogP contribution in [-0.2, 0) is 11.2 Å². The lowest BCUT2D eigenvalue weighted by Gasteiger charge is -2.16. The van der Waals surface area contributed by atoms with Gasteiger partial charge in [-0.1, -0.05) is 19.0 Å². The second-order valence-corrected chi connectivity index (χ2v) is 8.80. The summed E-state index contributed by atoms with van der Waals surface area (Å²) in [6, 6.07) is 7.53. The molecule has 0 spiro atoms. The lowest BCUT2D eigenvalue weighted by atomic mass is 10.1. The molecular formula is C25H32N4O5. The van der Waals surface area contributed by atoms with Crippen molar-refractivity contribution in [3.63, 3.8) is 0 Å². The van der Waals surface area contributed by atoms with Crippen LogP contribution >= 0.6 is 0 Å². The molecule has 0 saturated carbocycles. The van der Waals surface area contributed by atoms with Crippen LogP contribution in [0.2, 0.25) is 0 Å². The average molecular weight is 469 g/mol. The smallest absolute Gasteiger partial charge is 0.258 e. The lowest BCUT2D eigenvalue weighted by molar-refractivity contribution is -0.118. The van der Waals surface area contributed by atoms with Crippen LogP contribution in [0.1, 0.15) is 43.6 Å². The first-order valence-corrected chi connectivity index (χ1v) is 11.3. The molecule has 0 fully saturated rings. The van der Waals surface area contributed by atoms with Gasteiger partial charge in [0.05, 0.1) is 13.2 Å². The van der Waals surface area contributed by atoms with Crippen LogP contribution in [-0.4, -0.2) is 46.0 Å². The summed E-state index contributed by atoms with van der Waals surface area (Å²) in [7, 11) is 1.53. The number of nitrogens with two attached hydrogens (primary N) is 1. The number of rotatable bonds is 11. The van der Waals surface area contributed by atoms with Gasteiger partial charge < -0.3 is 24.8 Å². The van der Waals surface area contributed by atoms with Crippen LogP contribution in [0, 0.1) is 19.8 Å². The normalized spacial score (nSPS) is 12.1. The number of pyridine rings is 1. The largest absolute Gasteiger partial charge is 0.493 e. The molecule has 0 saturated heterocycles. The molecule has 9 heteroatoms. The van der Waals surface area contributed by atoms with Crippen molar-refractivity contribution in [2.45, 2.75) is 53.1 Å². The molecule has 3 N–H and O–H groups in total. The number of amides is 1. The van der Waals surface area contributed by atoms with Gasteiger partial charge in [0.2, 0.25) is 11.7 Å². The second kappa shape index (κ2) is 11.1. The van der Waals surface area contributed by atoms with Crippen LogP contribution in [0.3, 0.4) is 0 Å². The number of benzene rings is 1. The van der Waals surface area contributed by atoms with Crippen LogP contribution in [0.15, 0.2) is 28.8 Å². The summed E-state index contributed by atoms with van der Waals surface area (Å²) in [4.78, 5) is 20.1. The van der Waals surface area contributed by atoms with Crippen molar-refractivity contribution >= 4 is 5.91 Å². The summed E-state index contributed by atoms with van der Waals surface area (Å²) < 4.78 is 16.8. The molecule has 0 bridgehead atoms. The van der Waals surface area contributed by atoms with Gasteiger partial charge in [-0.3, -0.25) is 9.78 Å². The van der Waals surface area contributed by atoms with E-state index in [1.165, 1.54) is 7.11 Å². The van der Waals surface area contributed by atoms with E-state index in [1.54, 1.807) is 6.07 Å². The van der Waals surface area contributed by atoms with Crippen molar-refractivity contribution in [1.82, 2.24) is 15.1 Å². The predicted octanol–water partition coefficient (Wildman–Crippen LogP) is 3.63. The van der Waals surface area contributed by atoms with Gasteiger partial charge in [0.1, 0.15) is 6.61 Å². The van der Waals surface area contributed by atoms with Crippen molar-refractivity contribution in [1.29, 1.82) is 0 Å². The maximum Gasteiger partial charge on any atom is 0.258 e. The minimum Gasteiger partial charge on any atom is -0.493 e. The number of aryl methyl sites for hydroxylation is 2. The SMILES string of the molecule is COc1cc(-c2noc(-c3cc(C)nc(CC(C)C)c3)n2)cc(C)c1OC[C@@H](O)CCC(N)=O. The molecule has 0 radical (unpaired) electrons. The van der Waals surface area contributed by atoms with Gasteiger partial charge in [0.25, 0.3) is 5.89 Å². The number of aromatic nitrogens is 3. The molecule has 34 heavy (non-hydrogen) atoms. The first-order valence-electron chi connectivity index (χ1n) is 11.3. The van der Waals surface area contributed by atoms with E-state index in [0.29, 0.717) is 34.7 Å². The highest BCUT2D eigenvalue weighted by molar-refractivity contribution is 5.73. The molecule has 0 aliphatic heterocycles. The third-order valence-electron chi connectivity index (χ3n) is 5.16. The molecule has 0 unspecified atom stereocenters. The van der Waals surface area contributed by atoms with E-state index in [9.17, 15) is 9.90 Å². The molecule has 2 heterocycles. The Hall–Kier alpha value is -3.46. The van der Waals surface area contributed by atoms with Gasteiger partial charge in [0, 0.05) is 28.9 Å². The zero-order chi connectivity index (χ0) is 24.8. The van der Waals surface area contributed by atoms with Crippen LogP contribution < -0.4 is 15.2 Å². The fraction of sp³-hybridized carbons (Fsp3) is 0.440. The van der Waals surface area contributed by atoms with E-state index < -0.39 is 12.0 Å². The summed E-state index contributed by atoms with van der Waals surface area (Å²) in [6.45, 7) is 8.13. The van der Waals surface area contributed by atoms with E-state index >= 15 is 0 Å². The summed E-state index contributed by atoms with van der Waals surface area (Å²) in [5.74, 6) is 1.83. The Labute approximate surface area is 199 Å². The highest BCUT2D eigenvalue weighted by atomic mass is 16.5. The summed E-state index contributed by atoms with van der Waals surface area (Å²) in [5, 5.41) is 14.2. The van der Waals surface area contributed by atoms with Crippen molar-refractivity contribution in [3.8, 4) is 34.3 Å². The van der Waals surface area contributed by atoms with Crippen LogP contribution in [0.4, 0.5) is 0 Å². The molecule has 3 rings (SSSR count). The Morgan fingerprint density at radius 2 is 1.91 bits per heavy atom. The van der Waals surface area contributed by atoms with Gasteiger partial charge in [-0.25, -0.2) is 0 Å². The van der Waals surface area contributed by atoms with Crippen molar-refractivity contribution < 1.29 is 23.9 Å². The molecule has 0 aliphatic rings. The standard InChI is InChI=1S/C25H32N4O5/c1-14(2)8-19-11-18(10-16(4)27-19)25-28-24(29-34-25)17-9-15(3)23(21(12-17)32-5)33-13-20(30)6-7-22(26)31/h9-12,14,20,30H,6-8,13H2,1-5H3,(H2,26,31)/t20-/m0/s1. The molecule has 182 valence electrons. The molecule has 3 aromatic rings. The Morgan fingerprint density at radius 3 is 2.59 bits per heavy atom. The third kappa shape index (κ3) is 6.54. The Morgan fingerprint density at radius 1 is 1.15 bits per heavy atom. The number of methoxy groups -OCH3 is 1. The van der Waals surface area contributed by atoms with E-state index in [4.69, 9.17) is 19.7 Å². The summed E-state index contributed by atoms with van der Waals surface area (Å²) >= 11 is 0. The number of hydrogen-bond acceptors (Lipinski definition) is 8. The quantitative estimate of drug-likeness (QED) is 0.436. The third-order valence-corrected chi connectivity index (χ3v) is 5.16. The summed E-state index contributed by atoms with van der Waals surface area (Å²) in [6.07, 6.45) is 0.370. The molecule has 1 atom stereocenters.